The van der Waals surface area contributed by atoms with Gasteiger partial charge in [0.2, 0.25) is 0 Å². The van der Waals surface area contributed by atoms with E-state index in [2.05, 4.69) is 10.1 Å². The monoisotopic (exact) mass is 357 g/mol. The Bertz CT molecular complexity index is 763. The van der Waals surface area contributed by atoms with Gasteiger partial charge in [-0.3, -0.25) is 4.79 Å². The lowest BCUT2D eigenvalue weighted by Crippen LogP contribution is -2.28. The van der Waals surface area contributed by atoms with E-state index in [9.17, 15) is 22.8 Å². The van der Waals surface area contributed by atoms with Gasteiger partial charge in [-0.2, -0.15) is 0 Å². The maximum Gasteiger partial charge on any atom is 0.338 e. The highest BCUT2D eigenvalue weighted by Gasteiger charge is 2.13. The van der Waals surface area contributed by atoms with Crippen molar-refractivity contribution in [2.45, 2.75) is 6.54 Å². The van der Waals surface area contributed by atoms with Crippen molar-refractivity contribution in [3.05, 3.63) is 70.0 Å². The molecule has 0 aliphatic heterocycles. The third-order valence-electron chi connectivity index (χ3n) is 2.92. The molecule has 0 radical (unpaired) electrons. The average molecular weight is 358 g/mol. The van der Waals surface area contributed by atoms with Crippen LogP contribution in [0.4, 0.5) is 13.2 Å². The van der Waals surface area contributed by atoms with Crippen LogP contribution in [0, 0.1) is 17.5 Å². The second-order valence-electron chi connectivity index (χ2n) is 4.75. The zero-order chi connectivity index (χ0) is 17.7. The smallest absolute Gasteiger partial charge is 0.338 e. The van der Waals surface area contributed by atoms with Crippen molar-refractivity contribution in [2.24, 2.45) is 0 Å². The second kappa shape index (κ2) is 7.83. The van der Waals surface area contributed by atoms with Gasteiger partial charge in [-0.05, 0) is 29.8 Å². The van der Waals surface area contributed by atoms with Crippen molar-refractivity contribution >= 4 is 23.5 Å². The van der Waals surface area contributed by atoms with E-state index in [-0.39, 0.29) is 17.1 Å². The normalized spacial score (nSPS) is 10.3. The molecule has 126 valence electrons. The molecule has 0 unspecified atom stereocenters. The molecule has 24 heavy (non-hydrogen) atoms. The molecule has 0 saturated heterocycles. The molecule has 0 fully saturated rings. The quantitative estimate of drug-likeness (QED) is 0.836. The number of nitrogens with one attached hydrogen (secondary N) is 1. The van der Waals surface area contributed by atoms with Crippen LogP contribution in [0.25, 0.3) is 0 Å². The number of halogens is 4. The summed E-state index contributed by atoms with van der Waals surface area (Å²) in [5.41, 5.74) is 0.131. The third-order valence-corrected chi connectivity index (χ3v) is 3.28. The first-order valence-electron chi connectivity index (χ1n) is 6.69. The summed E-state index contributed by atoms with van der Waals surface area (Å²) in [4.78, 5) is 23.2. The fourth-order valence-corrected chi connectivity index (χ4v) is 2.03. The summed E-state index contributed by atoms with van der Waals surface area (Å²) in [7, 11) is 0. The number of ether oxygens (including phenoxy) is 1. The van der Waals surface area contributed by atoms with Crippen LogP contribution in [0.1, 0.15) is 15.9 Å². The summed E-state index contributed by atoms with van der Waals surface area (Å²) in [5.74, 6) is -4.06. The van der Waals surface area contributed by atoms with Crippen molar-refractivity contribution < 1.29 is 27.5 Å². The number of esters is 1. The predicted molar refractivity (Wildman–Crippen MR) is 79.9 cm³/mol. The van der Waals surface area contributed by atoms with Gasteiger partial charge in [0.25, 0.3) is 5.91 Å². The van der Waals surface area contributed by atoms with Gasteiger partial charge in [0, 0.05) is 17.6 Å². The first-order valence-corrected chi connectivity index (χ1v) is 7.07. The Kier molecular flexibility index (Phi) is 5.81. The van der Waals surface area contributed by atoms with Crippen molar-refractivity contribution in [3.8, 4) is 0 Å². The summed E-state index contributed by atoms with van der Waals surface area (Å²) < 4.78 is 43.5. The summed E-state index contributed by atoms with van der Waals surface area (Å²) in [6, 6.07) is 5.88. The molecule has 1 amide bonds. The SMILES string of the molecule is O=C(COC(=O)c1cc(F)cc(F)c1)NCc1ccc(F)cc1Cl. The predicted octanol–water partition coefficient (Wildman–Crippen LogP) is 3.23. The van der Waals surface area contributed by atoms with Crippen LogP contribution in [0.3, 0.4) is 0 Å². The molecule has 1 N–H and O–H groups in total. The average Bonchev–Trinajstić information content (AvgIpc) is 2.50. The Labute approximate surface area is 140 Å². The lowest BCUT2D eigenvalue weighted by molar-refractivity contribution is -0.124. The standard InChI is InChI=1S/C16H11ClF3NO3/c17-14-6-11(18)2-1-9(14)7-21-15(22)8-24-16(23)10-3-12(19)5-13(20)4-10/h1-6H,7-8H2,(H,21,22). The maximum absolute atomic E-state index is 13.0. The summed E-state index contributed by atoms with van der Waals surface area (Å²) in [5, 5.41) is 2.56. The zero-order valence-electron chi connectivity index (χ0n) is 12.1. The number of carbonyl (C=O) groups is 2. The molecule has 2 rings (SSSR count). The molecule has 2 aromatic carbocycles. The molecule has 4 nitrogen and oxygen atoms in total. The van der Waals surface area contributed by atoms with Crippen LogP contribution < -0.4 is 5.32 Å². The molecule has 0 bridgehead atoms. The summed E-state index contributed by atoms with van der Waals surface area (Å²) in [6.45, 7) is -0.639. The second-order valence-corrected chi connectivity index (χ2v) is 5.15. The highest BCUT2D eigenvalue weighted by molar-refractivity contribution is 6.31. The lowest BCUT2D eigenvalue weighted by atomic mass is 10.2. The van der Waals surface area contributed by atoms with Gasteiger partial charge < -0.3 is 10.1 Å². The van der Waals surface area contributed by atoms with Crippen molar-refractivity contribution in [1.82, 2.24) is 5.32 Å². The third kappa shape index (κ3) is 4.99. The Balaban J connectivity index is 1.85. The number of amides is 1. The Morgan fingerprint density at radius 2 is 1.67 bits per heavy atom. The van der Waals surface area contributed by atoms with E-state index in [0.717, 1.165) is 18.2 Å². The van der Waals surface area contributed by atoms with Gasteiger partial charge in [0.05, 0.1) is 5.56 Å². The molecule has 0 atom stereocenters. The molecule has 0 saturated carbocycles. The van der Waals surface area contributed by atoms with E-state index in [1.165, 1.54) is 12.1 Å². The molecular weight excluding hydrogens is 347 g/mol. The van der Waals surface area contributed by atoms with Crippen LogP contribution in [0.5, 0.6) is 0 Å². The first-order chi connectivity index (χ1) is 11.3. The van der Waals surface area contributed by atoms with Gasteiger partial charge in [-0.1, -0.05) is 17.7 Å². The molecule has 0 aliphatic rings. The van der Waals surface area contributed by atoms with Crippen LogP contribution in [-0.2, 0) is 16.1 Å². The molecule has 0 heterocycles. The van der Waals surface area contributed by atoms with Gasteiger partial charge in [0.1, 0.15) is 17.5 Å². The number of hydrogen-bond acceptors (Lipinski definition) is 3. The Morgan fingerprint density at radius 1 is 1.00 bits per heavy atom. The number of benzene rings is 2. The maximum atomic E-state index is 13.0. The highest BCUT2D eigenvalue weighted by Crippen LogP contribution is 2.16. The molecule has 0 aromatic heterocycles. The Morgan fingerprint density at radius 3 is 2.29 bits per heavy atom. The molecule has 2 aromatic rings. The fraction of sp³-hybridized carbons (Fsp3) is 0.125. The lowest BCUT2D eigenvalue weighted by Gasteiger charge is -2.08. The largest absolute Gasteiger partial charge is 0.452 e. The number of rotatable bonds is 5. The van der Waals surface area contributed by atoms with E-state index in [0.29, 0.717) is 11.6 Å². The minimum Gasteiger partial charge on any atom is -0.452 e. The van der Waals surface area contributed by atoms with Crippen LogP contribution in [0.2, 0.25) is 5.02 Å². The fourth-order valence-electron chi connectivity index (χ4n) is 1.80. The van der Waals surface area contributed by atoms with E-state index >= 15 is 0 Å². The van der Waals surface area contributed by atoms with Crippen molar-refractivity contribution in [1.29, 1.82) is 0 Å². The van der Waals surface area contributed by atoms with Crippen LogP contribution in [0.15, 0.2) is 36.4 Å². The zero-order valence-corrected chi connectivity index (χ0v) is 12.9. The van der Waals surface area contributed by atoms with E-state index in [1.807, 2.05) is 0 Å². The molecular formula is C16H11ClF3NO3. The topological polar surface area (TPSA) is 55.4 Å². The van der Waals surface area contributed by atoms with Crippen molar-refractivity contribution in [3.63, 3.8) is 0 Å². The minimum atomic E-state index is -1.04. The van der Waals surface area contributed by atoms with E-state index in [1.54, 1.807) is 0 Å². The van der Waals surface area contributed by atoms with E-state index < -0.39 is 35.9 Å². The van der Waals surface area contributed by atoms with Gasteiger partial charge in [0.15, 0.2) is 6.61 Å². The van der Waals surface area contributed by atoms with Gasteiger partial charge >= 0.3 is 5.97 Å². The number of carbonyl (C=O) groups excluding carboxylic acids is 2. The molecule has 0 aliphatic carbocycles. The highest BCUT2D eigenvalue weighted by atomic mass is 35.5. The van der Waals surface area contributed by atoms with E-state index in [4.69, 9.17) is 11.6 Å². The minimum absolute atomic E-state index is 0.00406. The summed E-state index contributed by atoms with van der Waals surface area (Å²) >= 11 is 5.80. The Hall–Kier alpha value is -2.54. The summed E-state index contributed by atoms with van der Waals surface area (Å²) in [6.07, 6.45) is 0. The first kappa shape index (κ1) is 17.8. The molecule has 8 heteroatoms. The van der Waals surface area contributed by atoms with Crippen molar-refractivity contribution in [2.75, 3.05) is 6.61 Å². The van der Waals surface area contributed by atoms with Crippen LogP contribution >= 0.6 is 11.6 Å². The number of hydrogen-bond donors (Lipinski definition) is 1. The van der Waals surface area contributed by atoms with Gasteiger partial charge in [-0.25, -0.2) is 18.0 Å². The van der Waals surface area contributed by atoms with Gasteiger partial charge in [-0.15, -0.1) is 0 Å². The molecule has 0 spiro atoms. The van der Waals surface area contributed by atoms with Crippen LogP contribution in [-0.4, -0.2) is 18.5 Å².